The number of amides is 1. The molecule has 0 bridgehead atoms. The maximum atomic E-state index is 12.9. The van der Waals surface area contributed by atoms with Crippen molar-refractivity contribution in [2.24, 2.45) is 0 Å². The lowest BCUT2D eigenvalue weighted by molar-refractivity contribution is 0.0944. The summed E-state index contributed by atoms with van der Waals surface area (Å²) in [6.45, 7) is 4.50. The lowest BCUT2D eigenvalue weighted by Crippen LogP contribution is -2.26. The van der Waals surface area contributed by atoms with Crippen LogP contribution in [0.5, 0.6) is 11.5 Å². The molecule has 140 valence electrons. The van der Waals surface area contributed by atoms with Crippen LogP contribution in [0.3, 0.4) is 0 Å². The van der Waals surface area contributed by atoms with Crippen molar-refractivity contribution >= 4 is 5.91 Å². The second-order valence-corrected chi connectivity index (χ2v) is 6.72. The summed E-state index contributed by atoms with van der Waals surface area (Å²) < 4.78 is 12.5. The van der Waals surface area contributed by atoms with Gasteiger partial charge in [0.2, 0.25) is 6.79 Å². The molecule has 2 heterocycles. The van der Waals surface area contributed by atoms with Gasteiger partial charge in [-0.2, -0.15) is 5.26 Å². The monoisotopic (exact) mass is 373 g/mol. The Hall–Kier alpha value is -3.72. The van der Waals surface area contributed by atoms with Gasteiger partial charge in [-0.15, -0.1) is 0 Å². The Kier molecular flexibility index (Phi) is 4.50. The highest BCUT2D eigenvalue weighted by Gasteiger charge is 2.20. The number of nitriles is 1. The molecule has 0 saturated carbocycles. The van der Waals surface area contributed by atoms with Crippen LogP contribution in [-0.4, -0.2) is 17.3 Å². The largest absolute Gasteiger partial charge is 0.454 e. The summed E-state index contributed by atoms with van der Waals surface area (Å²) in [6, 6.07) is 15.4. The minimum Gasteiger partial charge on any atom is -0.454 e. The second kappa shape index (κ2) is 7.12. The summed E-state index contributed by atoms with van der Waals surface area (Å²) in [5.41, 5.74) is 4.55. The summed E-state index contributed by atoms with van der Waals surface area (Å²) in [5.74, 6) is 1.06. The topological polar surface area (TPSA) is 76.3 Å². The van der Waals surface area contributed by atoms with E-state index in [0.717, 1.165) is 22.4 Å². The normalized spacial score (nSPS) is 11.9. The number of nitrogens with zero attached hydrogens (tertiary/aromatic N) is 2. The molecule has 1 amide bonds. The van der Waals surface area contributed by atoms with Gasteiger partial charge in [-0.1, -0.05) is 18.2 Å². The molecule has 6 nitrogen and oxygen atoms in total. The molecule has 0 saturated heterocycles. The fraction of sp³-hybridized carbons (Fsp3) is 0.182. The standard InChI is InChI=1S/C22H19N3O3/c1-14-3-4-15(2)18(9-14)25-8-7-17(11-23)21(25)22(26)24-12-16-5-6-19-20(10-16)28-13-27-19/h3-10H,12-13H2,1-2H3,(H,24,26). The van der Waals surface area contributed by atoms with Crippen LogP contribution in [0.4, 0.5) is 0 Å². The third-order valence-corrected chi connectivity index (χ3v) is 4.74. The molecule has 28 heavy (non-hydrogen) atoms. The van der Waals surface area contributed by atoms with Gasteiger partial charge in [0.15, 0.2) is 11.5 Å². The van der Waals surface area contributed by atoms with Crippen LogP contribution in [0.1, 0.15) is 32.7 Å². The summed E-state index contributed by atoms with van der Waals surface area (Å²) in [6.07, 6.45) is 1.76. The first-order valence-electron chi connectivity index (χ1n) is 8.92. The average molecular weight is 373 g/mol. The van der Waals surface area contributed by atoms with Crippen molar-refractivity contribution in [2.45, 2.75) is 20.4 Å². The van der Waals surface area contributed by atoms with Gasteiger partial charge in [0.05, 0.1) is 5.56 Å². The number of carbonyl (C=O) groups excluding carboxylic acids is 1. The van der Waals surface area contributed by atoms with Crippen LogP contribution in [0.25, 0.3) is 5.69 Å². The first-order valence-corrected chi connectivity index (χ1v) is 8.92. The Balaban J connectivity index is 1.61. The highest BCUT2D eigenvalue weighted by molar-refractivity contribution is 5.96. The Labute approximate surface area is 162 Å². The van der Waals surface area contributed by atoms with Crippen molar-refractivity contribution in [3.05, 3.63) is 76.6 Å². The van der Waals surface area contributed by atoms with Crippen molar-refractivity contribution in [3.8, 4) is 23.3 Å². The van der Waals surface area contributed by atoms with E-state index in [1.54, 1.807) is 16.8 Å². The maximum Gasteiger partial charge on any atom is 0.269 e. The number of ether oxygens (including phenoxy) is 2. The predicted octanol–water partition coefficient (Wildman–Crippen LogP) is 3.62. The van der Waals surface area contributed by atoms with Crippen LogP contribution in [0.2, 0.25) is 0 Å². The molecule has 0 aliphatic carbocycles. The summed E-state index contributed by atoms with van der Waals surface area (Å²) in [7, 11) is 0. The van der Waals surface area contributed by atoms with Crippen molar-refractivity contribution in [3.63, 3.8) is 0 Å². The van der Waals surface area contributed by atoms with Crippen LogP contribution in [-0.2, 0) is 6.54 Å². The Morgan fingerprint density at radius 1 is 1.14 bits per heavy atom. The molecule has 6 heteroatoms. The van der Waals surface area contributed by atoms with Crippen molar-refractivity contribution in [1.29, 1.82) is 5.26 Å². The van der Waals surface area contributed by atoms with E-state index < -0.39 is 0 Å². The van der Waals surface area contributed by atoms with Crippen molar-refractivity contribution in [2.75, 3.05) is 6.79 Å². The zero-order valence-electron chi connectivity index (χ0n) is 15.7. The van der Waals surface area contributed by atoms with Crippen LogP contribution in [0.15, 0.2) is 48.7 Å². The van der Waals surface area contributed by atoms with E-state index in [2.05, 4.69) is 11.4 Å². The maximum absolute atomic E-state index is 12.9. The van der Waals surface area contributed by atoms with E-state index in [1.807, 2.05) is 50.2 Å². The molecule has 1 aliphatic heterocycles. The first-order chi connectivity index (χ1) is 13.6. The molecule has 0 spiro atoms. The number of nitrogens with one attached hydrogen (secondary N) is 1. The lowest BCUT2D eigenvalue weighted by atomic mass is 10.1. The van der Waals surface area contributed by atoms with Gasteiger partial charge in [-0.25, -0.2) is 0 Å². The number of carbonyl (C=O) groups is 1. The van der Waals surface area contributed by atoms with E-state index in [-0.39, 0.29) is 12.7 Å². The zero-order valence-corrected chi connectivity index (χ0v) is 15.7. The molecule has 1 aliphatic rings. The highest BCUT2D eigenvalue weighted by atomic mass is 16.7. The number of hydrogen-bond donors (Lipinski definition) is 1. The quantitative estimate of drug-likeness (QED) is 0.758. The second-order valence-electron chi connectivity index (χ2n) is 6.72. The van der Waals surface area contributed by atoms with Gasteiger partial charge in [-0.05, 0) is 54.8 Å². The van der Waals surface area contributed by atoms with Crippen molar-refractivity contribution in [1.82, 2.24) is 9.88 Å². The number of rotatable bonds is 4. The average Bonchev–Trinajstić information content (AvgIpc) is 3.34. The number of hydrogen-bond acceptors (Lipinski definition) is 4. The molecule has 0 radical (unpaired) electrons. The van der Waals surface area contributed by atoms with E-state index in [9.17, 15) is 10.1 Å². The molecule has 1 aromatic heterocycles. The third-order valence-electron chi connectivity index (χ3n) is 4.74. The molecule has 2 aromatic carbocycles. The molecule has 3 aromatic rings. The molecule has 0 unspecified atom stereocenters. The molecule has 0 atom stereocenters. The van der Waals surface area contributed by atoms with Crippen LogP contribution < -0.4 is 14.8 Å². The van der Waals surface area contributed by atoms with Crippen LogP contribution >= 0.6 is 0 Å². The van der Waals surface area contributed by atoms with Crippen molar-refractivity contribution < 1.29 is 14.3 Å². The van der Waals surface area contributed by atoms with E-state index in [1.165, 1.54) is 0 Å². The first kappa shape index (κ1) is 17.7. The van der Waals surface area contributed by atoms with Gasteiger partial charge in [-0.3, -0.25) is 4.79 Å². The van der Waals surface area contributed by atoms with Gasteiger partial charge in [0, 0.05) is 18.4 Å². The molecule has 1 N–H and O–H groups in total. The Morgan fingerprint density at radius 2 is 1.96 bits per heavy atom. The number of fused-ring (bicyclic) bond motifs is 1. The zero-order chi connectivity index (χ0) is 19.7. The highest BCUT2D eigenvalue weighted by Crippen LogP contribution is 2.32. The molecular formula is C22H19N3O3. The Morgan fingerprint density at radius 3 is 2.79 bits per heavy atom. The number of aromatic nitrogens is 1. The lowest BCUT2D eigenvalue weighted by Gasteiger charge is -2.13. The summed E-state index contributed by atoms with van der Waals surface area (Å²) in [4.78, 5) is 12.9. The number of aryl methyl sites for hydroxylation is 2. The third kappa shape index (κ3) is 3.19. The van der Waals surface area contributed by atoms with E-state index >= 15 is 0 Å². The minimum atomic E-state index is -0.305. The van der Waals surface area contributed by atoms with Crippen LogP contribution in [0, 0.1) is 25.2 Å². The van der Waals surface area contributed by atoms with E-state index in [0.29, 0.717) is 29.3 Å². The minimum absolute atomic E-state index is 0.208. The molecular weight excluding hydrogens is 354 g/mol. The Bertz CT molecular complexity index is 1110. The SMILES string of the molecule is Cc1ccc(C)c(-n2ccc(C#N)c2C(=O)NCc2ccc3c(c2)OCO3)c1. The summed E-state index contributed by atoms with van der Waals surface area (Å²) in [5, 5.41) is 12.4. The fourth-order valence-electron chi connectivity index (χ4n) is 3.25. The van der Waals surface area contributed by atoms with E-state index in [4.69, 9.17) is 9.47 Å². The predicted molar refractivity (Wildman–Crippen MR) is 104 cm³/mol. The smallest absolute Gasteiger partial charge is 0.269 e. The van der Waals surface area contributed by atoms with Gasteiger partial charge in [0.1, 0.15) is 11.8 Å². The number of benzene rings is 2. The van der Waals surface area contributed by atoms with Gasteiger partial charge in [0.25, 0.3) is 5.91 Å². The van der Waals surface area contributed by atoms with Gasteiger partial charge < -0.3 is 19.4 Å². The molecule has 0 fully saturated rings. The fourth-order valence-corrected chi connectivity index (χ4v) is 3.25. The van der Waals surface area contributed by atoms with Gasteiger partial charge >= 0.3 is 0 Å². The molecule has 4 rings (SSSR count). The summed E-state index contributed by atoms with van der Waals surface area (Å²) >= 11 is 0.